The molecule has 1 aromatic carbocycles. The molecule has 0 amide bonds. The zero-order chi connectivity index (χ0) is 17.1. The Morgan fingerprint density at radius 2 is 1.96 bits per heavy atom. The van der Waals surface area contributed by atoms with E-state index in [0.29, 0.717) is 26.1 Å². The van der Waals surface area contributed by atoms with Crippen molar-refractivity contribution < 1.29 is 8.42 Å². The molecule has 0 heterocycles. The van der Waals surface area contributed by atoms with Crippen LogP contribution in [0.4, 0.5) is 0 Å². The normalized spacial score (nSPS) is 12.2. The summed E-state index contributed by atoms with van der Waals surface area (Å²) >= 11 is 0. The Kier molecular flexibility index (Phi) is 8.65. The molecule has 0 spiro atoms. The van der Waals surface area contributed by atoms with E-state index in [9.17, 15) is 8.42 Å². The molecule has 0 aromatic heterocycles. The van der Waals surface area contributed by atoms with Crippen LogP contribution in [0, 0.1) is 6.92 Å². The van der Waals surface area contributed by atoms with Crippen molar-refractivity contribution in [2.45, 2.75) is 33.7 Å². The Bertz CT molecular complexity index is 600. The number of hydrogen-bond donors (Lipinski definition) is 3. The second kappa shape index (κ2) is 10.2. The lowest BCUT2D eigenvalue weighted by Gasteiger charge is -2.11. The van der Waals surface area contributed by atoms with Crippen LogP contribution in [-0.2, 0) is 16.6 Å². The third kappa shape index (κ3) is 8.56. The molecular weight excluding hydrogens is 312 g/mol. The summed E-state index contributed by atoms with van der Waals surface area (Å²) in [6, 6.07) is 8.26. The molecule has 0 saturated carbocycles. The van der Waals surface area contributed by atoms with E-state index >= 15 is 0 Å². The van der Waals surface area contributed by atoms with Gasteiger partial charge in [-0.2, -0.15) is 0 Å². The van der Waals surface area contributed by atoms with Gasteiger partial charge in [0.05, 0.1) is 12.3 Å². The van der Waals surface area contributed by atoms with E-state index < -0.39 is 10.0 Å². The van der Waals surface area contributed by atoms with Crippen LogP contribution >= 0.6 is 0 Å². The number of benzene rings is 1. The highest BCUT2D eigenvalue weighted by atomic mass is 32.2. The van der Waals surface area contributed by atoms with Crippen LogP contribution in [0.1, 0.15) is 31.4 Å². The highest BCUT2D eigenvalue weighted by Gasteiger charge is 2.04. The van der Waals surface area contributed by atoms with Gasteiger partial charge in [0.1, 0.15) is 0 Å². The van der Waals surface area contributed by atoms with Gasteiger partial charge in [0, 0.05) is 19.6 Å². The van der Waals surface area contributed by atoms with Gasteiger partial charge in [0.15, 0.2) is 5.96 Å². The third-order valence-corrected chi connectivity index (χ3v) is 4.60. The predicted molar refractivity (Wildman–Crippen MR) is 96.1 cm³/mol. The number of aryl methyl sites for hydroxylation is 1. The second-order valence-corrected chi connectivity index (χ2v) is 7.36. The Balaban J connectivity index is 2.41. The summed E-state index contributed by atoms with van der Waals surface area (Å²) in [5, 5.41) is 6.40. The molecule has 7 heteroatoms. The number of nitrogens with zero attached hydrogens (tertiary/aromatic N) is 1. The van der Waals surface area contributed by atoms with Crippen molar-refractivity contribution in [3.63, 3.8) is 0 Å². The molecule has 0 radical (unpaired) electrons. The summed E-state index contributed by atoms with van der Waals surface area (Å²) in [4.78, 5) is 4.54. The van der Waals surface area contributed by atoms with Crippen molar-refractivity contribution in [3.05, 3.63) is 35.4 Å². The first-order valence-electron chi connectivity index (χ1n) is 8.02. The molecule has 0 bridgehead atoms. The fourth-order valence-electron chi connectivity index (χ4n) is 1.95. The molecular formula is C16H28N4O2S. The average Bonchev–Trinajstić information content (AvgIpc) is 2.52. The van der Waals surface area contributed by atoms with Gasteiger partial charge in [-0.3, -0.25) is 0 Å². The van der Waals surface area contributed by atoms with Crippen LogP contribution < -0.4 is 15.4 Å². The molecule has 6 nitrogen and oxygen atoms in total. The fraction of sp³-hybridized carbons (Fsp3) is 0.562. The zero-order valence-corrected chi connectivity index (χ0v) is 15.0. The number of nitrogens with one attached hydrogen (secondary N) is 3. The van der Waals surface area contributed by atoms with E-state index in [1.165, 1.54) is 5.56 Å². The molecule has 23 heavy (non-hydrogen) atoms. The largest absolute Gasteiger partial charge is 0.357 e. The molecule has 0 aliphatic heterocycles. The molecule has 1 aromatic rings. The SMILES string of the molecule is CCNC(=NCc1cccc(C)c1)NCCCNS(=O)(=O)CC. The van der Waals surface area contributed by atoms with Crippen LogP contribution in [0.3, 0.4) is 0 Å². The first-order valence-corrected chi connectivity index (χ1v) is 9.67. The molecule has 0 atom stereocenters. The summed E-state index contributed by atoms with van der Waals surface area (Å²) in [6.07, 6.45) is 0.702. The van der Waals surface area contributed by atoms with E-state index in [1.54, 1.807) is 6.92 Å². The summed E-state index contributed by atoms with van der Waals surface area (Å²) in [5.41, 5.74) is 2.39. The van der Waals surface area contributed by atoms with Crippen LogP contribution in [-0.4, -0.2) is 39.8 Å². The Labute approximate surface area is 139 Å². The van der Waals surface area contributed by atoms with Gasteiger partial charge in [-0.1, -0.05) is 29.8 Å². The minimum Gasteiger partial charge on any atom is -0.357 e. The van der Waals surface area contributed by atoms with Crippen LogP contribution in [0.5, 0.6) is 0 Å². The fourth-order valence-corrected chi connectivity index (χ4v) is 2.61. The molecule has 0 saturated heterocycles. The maximum absolute atomic E-state index is 11.3. The second-order valence-electron chi connectivity index (χ2n) is 5.26. The lowest BCUT2D eigenvalue weighted by Crippen LogP contribution is -2.38. The van der Waals surface area contributed by atoms with E-state index in [4.69, 9.17) is 0 Å². The monoisotopic (exact) mass is 340 g/mol. The lowest BCUT2D eigenvalue weighted by molar-refractivity contribution is 0.579. The standard InChI is InChI=1S/C16H28N4O2S/c1-4-17-16(18-10-7-11-20-23(21,22)5-2)19-13-15-9-6-8-14(3)12-15/h6,8-9,12,20H,4-5,7,10-11,13H2,1-3H3,(H2,17,18,19). The maximum Gasteiger partial charge on any atom is 0.211 e. The molecule has 0 aliphatic rings. The smallest absolute Gasteiger partial charge is 0.211 e. The Hall–Kier alpha value is -1.60. The summed E-state index contributed by atoms with van der Waals surface area (Å²) < 4.78 is 25.2. The van der Waals surface area contributed by atoms with E-state index in [0.717, 1.165) is 18.1 Å². The molecule has 3 N–H and O–H groups in total. The highest BCUT2D eigenvalue weighted by molar-refractivity contribution is 7.89. The average molecular weight is 340 g/mol. The van der Waals surface area contributed by atoms with Gasteiger partial charge in [-0.05, 0) is 32.8 Å². The molecule has 1 rings (SSSR count). The topological polar surface area (TPSA) is 82.6 Å². The first-order chi connectivity index (χ1) is 11.0. The predicted octanol–water partition coefficient (Wildman–Crippen LogP) is 1.38. The number of aliphatic imine (C=N–C) groups is 1. The summed E-state index contributed by atoms with van der Waals surface area (Å²) in [6.45, 7) is 8.18. The van der Waals surface area contributed by atoms with Gasteiger partial charge >= 0.3 is 0 Å². The third-order valence-electron chi connectivity index (χ3n) is 3.19. The van der Waals surface area contributed by atoms with Gasteiger partial charge in [-0.15, -0.1) is 0 Å². The lowest BCUT2D eigenvalue weighted by atomic mass is 10.1. The minimum absolute atomic E-state index is 0.112. The molecule has 0 fully saturated rings. The van der Waals surface area contributed by atoms with Crippen molar-refractivity contribution in [3.8, 4) is 0 Å². The first kappa shape index (κ1) is 19.4. The van der Waals surface area contributed by atoms with Gasteiger partial charge in [0.25, 0.3) is 0 Å². The van der Waals surface area contributed by atoms with Crippen molar-refractivity contribution >= 4 is 16.0 Å². The number of guanidine groups is 1. The number of sulfonamides is 1. The molecule has 0 unspecified atom stereocenters. The highest BCUT2D eigenvalue weighted by Crippen LogP contribution is 2.04. The Morgan fingerprint density at radius 1 is 1.17 bits per heavy atom. The quantitative estimate of drug-likeness (QED) is 0.360. The number of hydrogen-bond acceptors (Lipinski definition) is 3. The van der Waals surface area contributed by atoms with Crippen molar-refractivity contribution in [2.75, 3.05) is 25.4 Å². The molecule has 0 aliphatic carbocycles. The minimum atomic E-state index is -3.10. The van der Waals surface area contributed by atoms with Crippen molar-refractivity contribution in [2.24, 2.45) is 4.99 Å². The van der Waals surface area contributed by atoms with E-state index in [-0.39, 0.29) is 5.75 Å². The maximum atomic E-state index is 11.3. The summed E-state index contributed by atoms with van der Waals surface area (Å²) in [5.74, 6) is 0.855. The number of rotatable bonds is 9. The van der Waals surface area contributed by atoms with Crippen LogP contribution in [0.25, 0.3) is 0 Å². The van der Waals surface area contributed by atoms with Crippen molar-refractivity contribution in [1.82, 2.24) is 15.4 Å². The van der Waals surface area contributed by atoms with Crippen LogP contribution in [0.15, 0.2) is 29.3 Å². The van der Waals surface area contributed by atoms with Gasteiger partial charge in [0.2, 0.25) is 10.0 Å². The van der Waals surface area contributed by atoms with Crippen LogP contribution in [0.2, 0.25) is 0 Å². The van der Waals surface area contributed by atoms with Gasteiger partial charge < -0.3 is 10.6 Å². The summed E-state index contributed by atoms with van der Waals surface area (Å²) in [7, 11) is -3.10. The van der Waals surface area contributed by atoms with E-state index in [2.05, 4.69) is 45.5 Å². The zero-order valence-electron chi connectivity index (χ0n) is 14.2. The Morgan fingerprint density at radius 3 is 2.61 bits per heavy atom. The molecule has 130 valence electrons. The van der Waals surface area contributed by atoms with Gasteiger partial charge in [-0.25, -0.2) is 18.1 Å². The van der Waals surface area contributed by atoms with E-state index in [1.807, 2.05) is 13.0 Å². The van der Waals surface area contributed by atoms with Crippen molar-refractivity contribution in [1.29, 1.82) is 0 Å².